The van der Waals surface area contributed by atoms with Crippen molar-refractivity contribution in [2.75, 3.05) is 18.1 Å². The molecule has 2 N–H and O–H groups in total. The average molecular weight is 305 g/mol. The summed E-state index contributed by atoms with van der Waals surface area (Å²) in [6, 6.07) is 5.25. The maximum Gasteiger partial charge on any atom is 0.416 e. The van der Waals surface area contributed by atoms with E-state index in [2.05, 4.69) is 5.32 Å². The Morgan fingerprint density at radius 2 is 2.00 bits per heavy atom. The first-order valence-corrected chi connectivity index (χ1v) is 7.78. The van der Waals surface area contributed by atoms with E-state index >= 15 is 0 Å². The van der Waals surface area contributed by atoms with Crippen molar-refractivity contribution in [3.05, 3.63) is 35.4 Å². The summed E-state index contributed by atoms with van der Waals surface area (Å²) in [6.07, 6.45) is -3.20. The van der Waals surface area contributed by atoms with E-state index in [0.29, 0.717) is 11.6 Å². The van der Waals surface area contributed by atoms with Crippen LogP contribution in [0, 0.1) is 0 Å². The van der Waals surface area contributed by atoms with Crippen LogP contribution >= 0.6 is 11.8 Å². The van der Waals surface area contributed by atoms with Gasteiger partial charge in [0.1, 0.15) is 0 Å². The van der Waals surface area contributed by atoms with Gasteiger partial charge in [-0.15, -0.1) is 0 Å². The highest BCUT2D eigenvalue weighted by Crippen LogP contribution is 2.30. The molecule has 0 bridgehead atoms. The Morgan fingerprint density at radius 3 is 2.65 bits per heavy atom. The van der Waals surface area contributed by atoms with Crippen molar-refractivity contribution in [2.45, 2.75) is 31.2 Å². The molecule has 0 radical (unpaired) electrons. The SMILES string of the molecule is O[C@H](CNC1CCSCC1)c1cccc(C(F)(F)F)c1. The topological polar surface area (TPSA) is 32.3 Å². The predicted molar refractivity (Wildman–Crippen MR) is 74.8 cm³/mol. The number of thioether (sulfide) groups is 1. The van der Waals surface area contributed by atoms with Crippen LogP contribution in [0.4, 0.5) is 13.2 Å². The second-order valence-corrected chi connectivity index (χ2v) is 6.16. The molecule has 1 aliphatic heterocycles. The van der Waals surface area contributed by atoms with E-state index in [0.717, 1.165) is 36.5 Å². The van der Waals surface area contributed by atoms with Crippen molar-refractivity contribution in [2.24, 2.45) is 0 Å². The van der Waals surface area contributed by atoms with Gasteiger partial charge in [-0.25, -0.2) is 0 Å². The maximum atomic E-state index is 12.6. The Kier molecular flexibility index (Phi) is 5.35. The van der Waals surface area contributed by atoms with Gasteiger partial charge >= 0.3 is 6.18 Å². The van der Waals surface area contributed by atoms with Crippen LogP contribution in [-0.2, 0) is 6.18 Å². The van der Waals surface area contributed by atoms with Crippen molar-refractivity contribution in [3.8, 4) is 0 Å². The Labute approximate surface area is 120 Å². The molecule has 2 rings (SSSR count). The van der Waals surface area contributed by atoms with Gasteiger partial charge in [-0.05, 0) is 42.0 Å². The van der Waals surface area contributed by atoms with Gasteiger partial charge in [0.15, 0.2) is 0 Å². The number of aliphatic hydroxyl groups is 1. The van der Waals surface area contributed by atoms with Crippen molar-refractivity contribution >= 4 is 11.8 Å². The summed E-state index contributed by atoms with van der Waals surface area (Å²) in [6.45, 7) is 0.288. The Hall–Kier alpha value is -0.720. The summed E-state index contributed by atoms with van der Waals surface area (Å²) in [5.41, 5.74) is -0.416. The van der Waals surface area contributed by atoms with Gasteiger partial charge in [-0.1, -0.05) is 12.1 Å². The standard InChI is InChI=1S/C14H18F3NOS/c15-14(16,17)11-3-1-2-10(8-11)13(19)9-18-12-4-6-20-7-5-12/h1-3,8,12-13,18-19H,4-7,9H2/t13-/m1/s1. The normalized spacial score (nSPS) is 19.0. The second-order valence-electron chi connectivity index (χ2n) is 4.93. The van der Waals surface area contributed by atoms with E-state index in [4.69, 9.17) is 0 Å². The van der Waals surface area contributed by atoms with Crippen LogP contribution in [0.1, 0.15) is 30.1 Å². The molecule has 1 aromatic carbocycles. The lowest BCUT2D eigenvalue weighted by molar-refractivity contribution is -0.137. The smallest absolute Gasteiger partial charge is 0.387 e. The summed E-state index contributed by atoms with van der Waals surface area (Å²) in [5, 5.41) is 13.2. The maximum absolute atomic E-state index is 12.6. The highest BCUT2D eigenvalue weighted by molar-refractivity contribution is 7.99. The molecular weight excluding hydrogens is 287 g/mol. The molecule has 0 amide bonds. The molecule has 0 saturated carbocycles. The summed E-state index contributed by atoms with van der Waals surface area (Å²) in [5.74, 6) is 2.19. The monoisotopic (exact) mass is 305 g/mol. The molecule has 1 atom stereocenters. The van der Waals surface area contributed by atoms with Gasteiger partial charge in [0.05, 0.1) is 11.7 Å². The van der Waals surface area contributed by atoms with Crippen LogP contribution in [0.5, 0.6) is 0 Å². The zero-order chi connectivity index (χ0) is 14.6. The van der Waals surface area contributed by atoms with Crippen molar-refractivity contribution in [1.29, 1.82) is 0 Å². The van der Waals surface area contributed by atoms with Crippen molar-refractivity contribution in [3.63, 3.8) is 0 Å². The van der Waals surface area contributed by atoms with E-state index < -0.39 is 17.8 Å². The van der Waals surface area contributed by atoms with Gasteiger partial charge in [0.25, 0.3) is 0 Å². The zero-order valence-corrected chi connectivity index (χ0v) is 11.8. The number of hydrogen-bond donors (Lipinski definition) is 2. The van der Waals surface area contributed by atoms with Gasteiger partial charge in [0.2, 0.25) is 0 Å². The fourth-order valence-electron chi connectivity index (χ4n) is 2.22. The summed E-state index contributed by atoms with van der Waals surface area (Å²) in [4.78, 5) is 0. The third-order valence-corrected chi connectivity index (χ3v) is 4.47. The van der Waals surface area contributed by atoms with Crippen LogP contribution < -0.4 is 5.32 Å². The molecule has 20 heavy (non-hydrogen) atoms. The van der Waals surface area contributed by atoms with E-state index in [1.54, 1.807) is 0 Å². The molecule has 1 heterocycles. The highest BCUT2D eigenvalue weighted by Gasteiger charge is 2.30. The Bertz CT molecular complexity index is 433. The number of halogens is 3. The molecular formula is C14H18F3NOS. The lowest BCUT2D eigenvalue weighted by Gasteiger charge is -2.24. The number of hydrogen-bond acceptors (Lipinski definition) is 3. The van der Waals surface area contributed by atoms with Gasteiger partial charge in [0, 0.05) is 12.6 Å². The number of alkyl halides is 3. The van der Waals surface area contributed by atoms with Crippen LogP contribution in [0.2, 0.25) is 0 Å². The fourth-order valence-corrected chi connectivity index (χ4v) is 3.33. The molecule has 1 fully saturated rings. The number of rotatable bonds is 4. The quantitative estimate of drug-likeness (QED) is 0.896. The van der Waals surface area contributed by atoms with Gasteiger partial charge < -0.3 is 10.4 Å². The lowest BCUT2D eigenvalue weighted by Crippen LogP contribution is -2.35. The Balaban J connectivity index is 1.93. The van der Waals surface area contributed by atoms with E-state index in [1.807, 2.05) is 11.8 Å². The summed E-state index contributed by atoms with van der Waals surface area (Å²) < 4.78 is 37.8. The minimum Gasteiger partial charge on any atom is -0.387 e. The minimum atomic E-state index is -4.37. The van der Waals surface area contributed by atoms with E-state index in [-0.39, 0.29) is 6.54 Å². The van der Waals surface area contributed by atoms with Gasteiger partial charge in [-0.3, -0.25) is 0 Å². The molecule has 0 spiro atoms. The largest absolute Gasteiger partial charge is 0.416 e. The number of aliphatic hydroxyl groups excluding tert-OH is 1. The summed E-state index contributed by atoms with van der Waals surface area (Å²) in [7, 11) is 0. The van der Waals surface area contributed by atoms with Crippen molar-refractivity contribution in [1.82, 2.24) is 5.32 Å². The highest BCUT2D eigenvalue weighted by atomic mass is 32.2. The van der Waals surface area contributed by atoms with Gasteiger partial charge in [-0.2, -0.15) is 24.9 Å². The van der Waals surface area contributed by atoms with Crippen molar-refractivity contribution < 1.29 is 18.3 Å². The molecule has 0 unspecified atom stereocenters. The second kappa shape index (κ2) is 6.83. The van der Waals surface area contributed by atoms with Crippen LogP contribution in [-0.4, -0.2) is 29.2 Å². The molecule has 0 aliphatic carbocycles. The number of benzene rings is 1. The van der Waals surface area contributed by atoms with Crippen LogP contribution in [0.15, 0.2) is 24.3 Å². The fraction of sp³-hybridized carbons (Fsp3) is 0.571. The lowest BCUT2D eigenvalue weighted by atomic mass is 10.0. The molecule has 112 valence electrons. The average Bonchev–Trinajstić information content (AvgIpc) is 2.45. The molecule has 2 nitrogen and oxygen atoms in total. The molecule has 1 aromatic rings. The summed E-state index contributed by atoms with van der Waals surface area (Å²) >= 11 is 1.91. The minimum absolute atomic E-state index is 0.288. The molecule has 6 heteroatoms. The third-order valence-electron chi connectivity index (χ3n) is 3.42. The van der Waals surface area contributed by atoms with E-state index in [9.17, 15) is 18.3 Å². The third kappa shape index (κ3) is 4.40. The molecule has 1 saturated heterocycles. The van der Waals surface area contributed by atoms with E-state index in [1.165, 1.54) is 12.1 Å². The number of nitrogens with one attached hydrogen (secondary N) is 1. The first-order valence-electron chi connectivity index (χ1n) is 6.63. The molecule has 0 aromatic heterocycles. The predicted octanol–water partition coefficient (Wildman–Crippen LogP) is 3.22. The first-order chi connectivity index (χ1) is 9.47. The Morgan fingerprint density at radius 1 is 1.30 bits per heavy atom. The van der Waals surface area contributed by atoms with Crippen LogP contribution in [0.3, 0.4) is 0 Å². The first kappa shape index (κ1) is 15.7. The molecule has 1 aliphatic rings. The zero-order valence-electron chi connectivity index (χ0n) is 11.0. The van der Waals surface area contributed by atoms with Crippen LogP contribution in [0.25, 0.3) is 0 Å².